The third-order valence-corrected chi connectivity index (χ3v) is 3.01. The standard InChI is InChI=1S/C14H24N2/c1-4-16(3)12-10-14-7-5-13(6-8-14)9-11-15-2/h5-8,15H,4,9-12H2,1-3H3. The van der Waals surface area contributed by atoms with E-state index in [1.54, 1.807) is 0 Å². The summed E-state index contributed by atoms with van der Waals surface area (Å²) in [6.07, 6.45) is 2.27. The first kappa shape index (κ1) is 13.2. The average Bonchev–Trinajstić information content (AvgIpc) is 2.34. The second-order valence-electron chi connectivity index (χ2n) is 4.32. The van der Waals surface area contributed by atoms with E-state index >= 15 is 0 Å². The van der Waals surface area contributed by atoms with Gasteiger partial charge >= 0.3 is 0 Å². The van der Waals surface area contributed by atoms with Gasteiger partial charge in [0.05, 0.1) is 0 Å². The van der Waals surface area contributed by atoms with E-state index in [9.17, 15) is 0 Å². The fourth-order valence-electron chi connectivity index (χ4n) is 1.62. The molecule has 0 saturated carbocycles. The van der Waals surface area contributed by atoms with Crippen LogP contribution in [0.1, 0.15) is 18.1 Å². The van der Waals surface area contributed by atoms with Crippen molar-refractivity contribution in [3.05, 3.63) is 35.4 Å². The highest BCUT2D eigenvalue weighted by Gasteiger charge is 1.97. The summed E-state index contributed by atoms with van der Waals surface area (Å²) >= 11 is 0. The van der Waals surface area contributed by atoms with Crippen molar-refractivity contribution in [2.75, 3.05) is 33.7 Å². The Morgan fingerprint density at radius 2 is 1.62 bits per heavy atom. The van der Waals surface area contributed by atoms with Crippen LogP contribution in [-0.2, 0) is 12.8 Å². The van der Waals surface area contributed by atoms with Crippen molar-refractivity contribution in [3.8, 4) is 0 Å². The Kier molecular flexibility index (Phi) is 6.12. The molecule has 0 unspecified atom stereocenters. The minimum Gasteiger partial charge on any atom is -0.319 e. The van der Waals surface area contributed by atoms with Crippen LogP contribution in [0.2, 0.25) is 0 Å². The molecule has 16 heavy (non-hydrogen) atoms. The molecule has 2 nitrogen and oxygen atoms in total. The van der Waals surface area contributed by atoms with Gasteiger partial charge in [-0.2, -0.15) is 0 Å². The van der Waals surface area contributed by atoms with Crippen molar-refractivity contribution in [3.63, 3.8) is 0 Å². The highest BCUT2D eigenvalue weighted by atomic mass is 15.1. The van der Waals surface area contributed by atoms with Crippen molar-refractivity contribution in [2.24, 2.45) is 0 Å². The Morgan fingerprint density at radius 3 is 2.12 bits per heavy atom. The van der Waals surface area contributed by atoms with Gasteiger partial charge in [0, 0.05) is 6.54 Å². The predicted molar refractivity (Wildman–Crippen MR) is 70.9 cm³/mol. The van der Waals surface area contributed by atoms with E-state index in [1.807, 2.05) is 7.05 Å². The topological polar surface area (TPSA) is 15.3 Å². The number of benzene rings is 1. The number of hydrogen-bond acceptors (Lipinski definition) is 2. The third-order valence-electron chi connectivity index (χ3n) is 3.01. The molecule has 90 valence electrons. The van der Waals surface area contributed by atoms with Gasteiger partial charge in [-0.1, -0.05) is 31.2 Å². The molecule has 0 spiro atoms. The third kappa shape index (κ3) is 4.77. The number of nitrogens with zero attached hydrogens (tertiary/aromatic N) is 1. The van der Waals surface area contributed by atoms with Crippen LogP contribution in [0.5, 0.6) is 0 Å². The summed E-state index contributed by atoms with van der Waals surface area (Å²) in [5.41, 5.74) is 2.86. The second-order valence-corrected chi connectivity index (χ2v) is 4.32. The quantitative estimate of drug-likeness (QED) is 0.755. The van der Waals surface area contributed by atoms with Crippen LogP contribution < -0.4 is 5.32 Å². The van der Waals surface area contributed by atoms with E-state index in [-0.39, 0.29) is 0 Å². The molecule has 0 aliphatic heterocycles. The van der Waals surface area contributed by atoms with Crippen LogP contribution in [0.3, 0.4) is 0 Å². The Labute approximate surface area is 99.7 Å². The average molecular weight is 220 g/mol. The lowest BCUT2D eigenvalue weighted by Crippen LogP contribution is -2.20. The lowest BCUT2D eigenvalue weighted by molar-refractivity contribution is 0.357. The molecule has 0 aromatic heterocycles. The van der Waals surface area contributed by atoms with Gasteiger partial charge in [0.1, 0.15) is 0 Å². The summed E-state index contributed by atoms with van der Waals surface area (Å²) in [7, 11) is 4.16. The monoisotopic (exact) mass is 220 g/mol. The predicted octanol–water partition coefficient (Wildman–Crippen LogP) is 1.94. The van der Waals surface area contributed by atoms with E-state index in [2.05, 4.69) is 48.5 Å². The molecule has 0 fully saturated rings. The zero-order valence-electron chi connectivity index (χ0n) is 10.8. The summed E-state index contributed by atoms with van der Waals surface area (Å²) < 4.78 is 0. The van der Waals surface area contributed by atoms with E-state index in [0.717, 1.165) is 32.5 Å². The van der Waals surface area contributed by atoms with Crippen LogP contribution in [0.4, 0.5) is 0 Å². The summed E-state index contributed by atoms with van der Waals surface area (Å²) in [6.45, 7) is 5.52. The van der Waals surface area contributed by atoms with E-state index in [0.29, 0.717) is 0 Å². The van der Waals surface area contributed by atoms with Gasteiger partial charge in [-0.15, -0.1) is 0 Å². The zero-order valence-corrected chi connectivity index (χ0v) is 10.8. The minimum absolute atomic E-state index is 1.05. The first-order chi connectivity index (χ1) is 7.76. The summed E-state index contributed by atoms with van der Waals surface area (Å²) in [5, 5.41) is 3.17. The Hall–Kier alpha value is -0.860. The van der Waals surface area contributed by atoms with Gasteiger partial charge in [0.15, 0.2) is 0 Å². The normalized spacial score (nSPS) is 11.0. The van der Waals surface area contributed by atoms with Crippen molar-refractivity contribution < 1.29 is 0 Å². The maximum absolute atomic E-state index is 3.17. The molecule has 0 radical (unpaired) electrons. The molecule has 0 bridgehead atoms. The first-order valence-electron chi connectivity index (χ1n) is 6.17. The van der Waals surface area contributed by atoms with Gasteiger partial charge in [-0.3, -0.25) is 0 Å². The SMILES string of the molecule is CCN(C)CCc1ccc(CCNC)cc1. The minimum atomic E-state index is 1.05. The zero-order chi connectivity index (χ0) is 11.8. The van der Waals surface area contributed by atoms with Gasteiger partial charge in [-0.05, 0) is 51.2 Å². The van der Waals surface area contributed by atoms with Gasteiger partial charge in [-0.25, -0.2) is 0 Å². The summed E-state index contributed by atoms with van der Waals surface area (Å²) in [5.74, 6) is 0. The molecule has 0 aliphatic carbocycles. The molecular formula is C14H24N2. The molecule has 0 heterocycles. The van der Waals surface area contributed by atoms with Crippen LogP contribution in [0.15, 0.2) is 24.3 Å². The Bertz CT molecular complexity index is 279. The molecule has 0 aliphatic rings. The van der Waals surface area contributed by atoms with Crippen molar-refractivity contribution in [1.82, 2.24) is 10.2 Å². The fourth-order valence-corrected chi connectivity index (χ4v) is 1.62. The fraction of sp³-hybridized carbons (Fsp3) is 0.571. The Balaban J connectivity index is 2.38. The summed E-state index contributed by atoms with van der Waals surface area (Å²) in [4.78, 5) is 2.34. The molecule has 1 N–H and O–H groups in total. The first-order valence-corrected chi connectivity index (χ1v) is 6.17. The lowest BCUT2D eigenvalue weighted by Gasteiger charge is -2.13. The maximum atomic E-state index is 3.17. The van der Waals surface area contributed by atoms with E-state index < -0.39 is 0 Å². The van der Waals surface area contributed by atoms with E-state index in [4.69, 9.17) is 0 Å². The molecule has 1 aromatic rings. The molecule has 0 amide bonds. The second kappa shape index (κ2) is 7.42. The maximum Gasteiger partial charge on any atom is 0.00187 e. The van der Waals surface area contributed by atoms with Crippen LogP contribution in [-0.4, -0.2) is 38.6 Å². The van der Waals surface area contributed by atoms with Gasteiger partial charge < -0.3 is 10.2 Å². The number of rotatable bonds is 7. The molecular weight excluding hydrogens is 196 g/mol. The Morgan fingerprint density at radius 1 is 1.06 bits per heavy atom. The van der Waals surface area contributed by atoms with Crippen LogP contribution >= 0.6 is 0 Å². The number of nitrogens with one attached hydrogen (secondary N) is 1. The summed E-state index contributed by atoms with van der Waals surface area (Å²) in [6, 6.07) is 9.01. The highest BCUT2D eigenvalue weighted by Crippen LogP contribution is 2.06. The van der Waals surface area contributed by atoms with Crippen molar-refractivity contribution >= 4 is 0 Å². The van der Waals surface area contributed by atoms with E-state index in [1.165, 1.54) is 11.1 Å². The molecule has 2 heteroatoms. The largest absolute Gasteiger partial charge is 0.319 e. The van der Waals surface area contributed by atoms with Crippen molar-refractivity contribution in [2.45, 2.75) is 19.8 Å². The van der Waals surface area contributed by atoms with Gasteiger partial charge in [0.25, 0.3) is 0 Å². The highest BCUT2D eigenvalue weighted by molar-refractivity contribution is 5.23. The molecule has 0 atom stereocenters. The van der Waals surface area contributed by atoms with Crippen LogP contribution in [0.25, 0.3) is 0 Å². The number of likely N-dealkylation sites (N-methyl/N-ethyl adjacent to an activating group) is 2. The van der Waals surface area contributed by atoms with Crippen LogP contribution in [0, 0.1) is 0 Å². The molecule has 1 aromatic carbocycles. The van der Waals surface area contributed by atoms with Crippen molar-refractivity contribution in [1.29, 1.82) is 0 Å². The lowest BCUT2D eigenvalue weighted by atomic mass is 10.1. The molecule has 1 rings (SSSR count). The molecule has 0 saturated heterocycles. The van der Waals surface area contributed by atoms with Gasteiger partial charge in [0.2, 0.25) is 0 Å². The number of hydrogen-bond donors (Lipinski definition) is 1. The smallest absolute Gasteiger partial charge is 0.00187 e.